The summed E-state index contributed by atoms with van der Waals surface area (Å²) in [6.07, 6.45) is 3.35. The van der Waals surface area contributed by atoms with Gasteiger partial charge in [0.15, 0.2) is 0 Å². The van der Waals surface area contributed by atoms with Gasteiger partial charge in [-0.2, -0.15) is 0 Å². The van der Waals surface area contributed by atoms with Crippen molar-refractivity contribution in [2.45, 2.75) is 37.8 Å². The highest BCUT2D eigenvalue weighted by atomic mass is 16.5. The van der Waals surface area contributed by atoms with Crippen molar-refractivity contribution < 1.29 is 14.3 Å². The van der Waals surface area contributed by atoms with Crippen LogP contribution in [-0.4, -0.2) is 49.1 Å². The fraction of sp³-hybridized carbons (Fsp3) is 0.818. The molecule has 0 aliphatic carbocycles. The summed E-state index contributed by atoms with van der Waals surface area (Å²) < 4.78 is 5.48. The number of rotatable bonds is 3. The topological polar surface area (TPSA) is 58.6 Å². The molecule has 0 aromatic carbocycles. The van der Waals surface area contributed by atoms with Crippen LogP contribution >= 0.6 is 0 Å². The van der Waals surface area contributed by atoms with E-state index in [0.29, 0.717) is 19.4 Å². The largest absolute Gasteiger partial charge is 0.376 e. The highest BCUT2D eigenvalue weighted by Crippen LogP contribution is 2.14. The minimum atomic E-state index is -0.320. The maximum absolute atomic E-state index is 11.9. The first-order valence-electron chi connectivity index (χ1n) is 5.83. The smallest absolute Gasteiger partial charge is 0.244 e. The Balaban J connectivity index is 1.81. The summed E-state index contributed by atoms with van der Waals surface area (Å²) in [6.45, 7) is 1.43. The standard InChI is InChI=1S/C11H18N2O3/c1-13(7-8-3-2-6-16-8)11(15)9-4-5-10(14)12-9/h8-9H,2-7H2,1H3,(H,12,14)/t8?,9-/m1/s1. The number of likely N-dealkylation sites (N-methyl/N-ethyl adjacent to an activating group) is 1. The average Bonchev–Trinajstić information content (AvgIpc) is 2.88. The van der Waals surface area contributed by atoms with Gasteiger partial charge < -0.3 is 15.0 Å². The minimum absolute atomic E-state index is 0.00125. The molecule has 2 atom stereocenters. The quantitative estimate of drug-likeness (QED) is 0.731. The summed E-state index contributed by atoms with van der Waals surface area (Å²) in [5, 5.41) is 2.69. The fourth-order valence-corrected chi connectivity index (χ4v) is 2.25. The third kappa shape index (κ3) is 2.52. The summed E-state index contributed by atoms with van der Waals surface area (Å²) in [4.78, 5) is 24.6. The first-order chi connectivity index (χ1) is 7.66. The van der Waals surface area contributed by atoms with E-state index < -0.39 is 0 Å². The maximum atomic E-state index is 11.9. The van der Waals surface area contributed by atoms with Crippen molar-refractivity contribution >= 4 is 11.8 Å². The number of nitrogens with one attached hydrogen (secondary N) is 1. The molecule has 0 aromatic rings. The van der Waals surface area contributed by atoms with Gasteiger partial charge in [-0.05, 0) is 19.3 Å². The SMILES string of the molecule is CN(CC1CCCO1)C(=O)[C@H]1CCC(=O)N1. The molecular formula is C11H18N2O3. The molecule has 2 saturated heterocycles. The Kier molecular flexibility index (Phi) is 3.43. The first-order valence-corrected chi connectivity index (χ1v) is 5.83. The van der Waals surface area contributed by atoms with Crippen LogP contribution in [0.15, 0.2) is 0 Å². The van der Waals surface area contributed by atoms with Crippen molar-refractivity contribution in [3.8, 4) is 0 Å². The van der Waals surface area contributed by atoms with Gasteiger partial charge in [0.1, 0.15) is 6.04 Å². The van der Waals surface area contributed by atoms with Crippen molar-refractivity contribution in [3.63, 3.8) is 0 Å². The van der Waals surface area contributed by atoms with Crippen molar-refractivity contribution in [1.82, 2.24) is 10.2 Å². The molecule has 1 N–H and O–H groups in total. The molecule has 2 aliphatic rings. The molecule has 2 rings (SSSR count). The number of nitrogens with zero attached hydrogens (tertiary/aromatic N) is 1. The molecular weight excluding hydrogens is 208 g/mol. The molecule has 0 saturated carbocycles. The second kappa shape index (κ2) is 4.82. The lowest BCUT2D eigenvalue weighted by molar-refractivity contribution is -0.134. The molecule has 5 heteroatoms. The zero-order chi connectivity index (χ0) is 11.5. The van der Waals surface area contributed by atoms with Gasteiger partial charge >= 0.3 is 0 Å². The second-order valence-corrected chi connectivity index (χ2v) is 4.51. The van der Waals surface area contributed by atoms with Crippen LogP contribution in [0.1, 0.15) is 25.7 Å². The van der Waals surface area contributed by atoms with Gasteiger partial charge in [0.2, 0.25) is 11.8 Å². The third-order valence-electron chi connectivity index (χ3n) is 3.17. The van der Waals surface area contributed by atoms with Crippen molar-refractivity contribution in [2.75, 3.05) is 20.2 Å². The molecule has 2 fully saturated rings. The highest BCUT2D eigenvalue weighted by Gasteiger charge is 2.30. The van der Waals surface area contributed by atoms with Crippen LogP contribution in [0.5, 0.6) is 0 Å². The summed E-state index contributed by atoms with van der Waals surface area (Å²) in [6, 6.07) is -0.320. The van der Waals surface area contributed by atoms with Gasteiger partial charge in [0.25, 0.3) is 0 Å². The number of hydrogen-bond donors (Lipinski definition) is 1. The maximum Gasteiger partial charge on any atom is 0.244 e. The summed E-state index contributed by atoms with van der Waals surface area (Å²) >= 11 is 0. The molecule has 16 heavy (non-hydrogen) atoms. The van der Waals surface area contributed by atoms with E-state index in [1.54, 1.807) is 11.9 Å². The van der Waals surface area contributed by atoms with Crippen molar-refractivity contribution in [3.05, 3.63) is 0 Å². The highest BCUT2D eigenvalue weighted by molar-refractivity contribution is 5.90. The Hall–Kier alpha value is -1.10. The molecule has 2 aliphatic heterocycles. The molecule has 0 spiro atoms. The molecule has 0 aromatic heterocycles. The summed E-state index contributed by atoms with van der Waals surface area (Å²) in [7, 11) is 1.77. The van der Waals surface area contributed by atoms with Crippen LogP contribution in [0.2, 0.25) is 0 Å². The minimum Gasteiger partial charge on any atom is -0.376 e. The van der Waals surface area contributed by atoms with Gasteiger partial charge in [-0.1, -0.05) is 0 Å². The monoisotopic (exact) mass is 226 g/mol. The lowest BCUT2D eigenvalue weighted by Crippen LogP contribution is -2.45. The Labute approximate surface area is 95.1 Å². The zero-order valence-electron chi connectivity index (χ0n) is 9.57. The normalized spacial score (nSPS) is 29.2. The Bertz CT molecular complexity index is 287. The Morgan fingerprint density at radius 1 is 1.56 bits per heavy atom. The van der Waals surface area contributed by atoms with Crippen LogP contribution in [0.25, 0.3) is 0 Å². The van der Waals surface area contributed by atoms with Crippen LogP contribution < -0.4 is 5.32 Å². The number of ether oxygens (including phenoxy) is 1. The van der Waals surface area contributed by atoms with Gasteiger partial charge in [-0.15, -0.1) is 0 Å². The molecule has 2 heterocycles. The second-order valence-electron chi connectivity index (χ2n) is 4.51. The Morgan fingerprint density at radius 3 is 2.94 bits per heavy atom. The van der Waals surface area contributed by atoms with E-state index in [1.165, 1.54) is 0 Å². The first kappa shape index (κ1) is 11.4. The lowest BCUT2D eigenvalue weighted by atomic mass is 10.2. The van der Waals surface area contributed by atoms with E-state index in [-0.39, 0.29) is 24.0 Å². The van der Waals surface area contributed by atoms with E-state index in [9.17, 15) is 9.59 Å². The lowest BCUT2D eigenvalue weighted by Gasteiger charge is -2.23. The Morgan fingerprint density at radius 2 is 2.38 bits per heavy atom. The molecule has 0 bridgehead atoms. The number of hydrogen-bond acceptors (Lipinski definition) is 3. The van der Waals surface area contributed by atoms with E-state index >= 15 is 0 Å². The third-order valence-corrected chi connectivity index (χ3v) is 3.17. The average molecular weight is 226 g/mol. The molecule has 5 nitrogen and oxygen atoms in total. The molecule has 90 valence electrons. The van der Waals surface area contributed by atoms with Crippen LogP contribution in [0.4, 0.5) is 0 Å². The van der Waals surface area contributed by atoms with Gasteiger partial charge in [-0.25, -0.2) is 0 Å². The molecule has 0 radical (unpaired) electrons. The number of carbonyl (C=O) groups is 2. The molecule has 1 unspecified atom stereocenters. The van der Waals surface area contributed by atoms with Crippen LogP contribution in [-0.2, 0) is 14.3 Å². The van der Waals surface area contributed by atoms with Crippen LogP contribution in [0.3, 0.4) is 0 Å². The van der Waals surface area contributed by atoms with Crippen molar-refractivity contribution in [2.24, 2.45) is 0 Å². The predicted octanol–water partition coefficient (Wildman–Crippen LogP) is -0.0976. The summed E-state index contributed by atoms with van der Waals surface area (Å²) in [5.41, 5.74) is 0. The zero-order valence-corrected chi connectivity index (χ0v) is 9.57. The van der Waals surface area contributed by atoms with E-state index in [2.05, 4.69) is 5.32 Å². The fourth-order valence-electron chi connectivity index (χ4n) is 2.25. The number of amides is 2. The van der Waals surface area contributed by atoms with Gasteiger partial charge in [0.05, 0.1) is 6.10 Å². The van der Waals surface area contributed by atoms with Gasteiger partial charge in [0, 0.05) is 26.6 Å². The van der Waals surface area contributed by atoms with Crippen molar-refractivity contribution in [1.29, 1.82) is 0 Å². The van der Waals surface area contributed by atoms with Crippen LogP contribution in [0, 0.1) is 0 Å². The van der Waals surface area contributed by atoms with E-state index in [1.807, 2.05) is 0 Å². The van der Waals surface area contributed by atoms with E-state index in [4.69, 9.17) is 4.74 Å². The number of carbonyl (C=O) groups excluding carboxylic acids is 2. The molecule has 2 amide bonds. The van der Waals surface area contributed by atoms with E-state index in [0.717, 1.165) is 19.4 Å². The summed E-state index contributed by atoms with van der Waals surface area (Å²) in [5.74, 6) is -0.0229. The van der Waals surface area contributed by atoms with Gasteiger partial charge in [-0.3, -0.25) is 9.59 Å². The predicted molar refractivity (Wildman–Crippen MR) is 57.8 cm³/mol.